The fourth-order valence-corrected chi connectivity index (χ4v) is 2.98. The zero-order valence-corrected chi connectivity index (χ0v) is 11.9. The lowest BCUT2D eigenvalue weighted by atomic mass is 10.1. The van der Waals surface area contributed by atoms with Crippen molar-refractivity contribution in [3.8, 4) is 0 Å². The zero-order chi connectivity index (χ0) is 13.1. The second-order valence-corrected chi connectivity index (χ2v) is 5.88. The summed E-state index contributed by atoms with van der Waals surface area (Å²) in [6, 6.07) is 2.69. The summed E-state index contributed by atoms with van der Waals surface area (Å²) in [5.74, 6) is 0.920. The second-order valence-electron chi connectivity index (χ2n) is 4.77. The smallest absolute Gasteiger partial charge is 0.138 e. The molecule has 0 aromatic carbocycles. The number of aryl methyl sites for hydroxylation is 1. The highest BCUT2D eigenvalue weighted by Gasteiger charge is 2.11. The van der Waals surface area contributed by atoms with E-state index in [-0.39, 0.29) is 6.04 Å². The van der Waals surface area contributed by atoms with Gasteiger partial charge in [0, 0.05) is 17.0 Å². The first-order chi connectivity index (χ1) is 8.60. The van der Waals surface area contributed by atoms with Crippen LogP contribution in [0.3, 0.4) is 0 Å². The van der Waals surface area contributed by atoms with Crippen LogP contribution in [0.15, 0.2) is 12.4 Å². The summed E-state index contributed by atoms with van der Waals surface area (Å²) in [5.41, 5.74) is 5.81. The molecule has 2 heterocycles. The molecule has 0 saturated heterocycles. The molecule has 2 unspecified atom stereocenters. The van der Waals surface area contributed by atoms with Crippen molar-refractivity contribution in [1.29, 1.82) is 0 Å². The number of thiophene rings is 1. The number of rotatable bonds is 5. The third-order valence-electron chi connectivity index (χ3n) is 2.84. The van der Waals surface area contributed by atoms with Crippen LogP contribution in [0.25, 0.3) is 10.2 Å². The van der Waals surface area contributed by atoms with Gasteiger partial charge in [0.25, 0.3) is 0 Å². The minimum atomic E-state index is 0.193. The van der Waals surface area contributed by atoms with E-state index in [1.807, 2.05) is 6.92 Å². The summed E-state index contributed by atoms with van der Waals surface area (Å²) in [7, 11) is 0. The Labute approximate surface area is 112 Å². The van der Waals surface area contributed by atoms with E-state index in [4.69, 9.17) is 5.73 Å². The molecule has 0 spiro atoms. The quantitative estimate of drug-likeness (QED) is 0.871. The van der Waals surface area contributed by atoms with Gasteiger partial charge in [0.2, 0.25) is 0 Å². The van der Waals surface area contributed by atoms with E-state index < -0.39 is 0 Å². The van der Waals surface area contributed by atoms with Gasteiger partial charge in [0.15, 0.2) is 0 Å². The van der Waals surface area contributed by atoms with Gasteiger partial charge in [0.1, 0.15) is 17.0 Å². The topological polar surface area (TPSA) is 63.8 Å². The molecule has 0 aliphatic carbocycles. The first-order valence-corrected chi connectivity index (χ1v) is 7.17. The largest absolute Gasteiger partial charge is 0.367 e. The molecule has 5 heteroatoms. The highest BCUT2D eigenvalue weighted by Crippen LogP contribution is 2.28. The Kier molecular flexibility index (Phi) is 4.14. The number of nitrogens with zero attached hydrogens (tertiary/aromatic N) is 2. The van der Waals surface area contributed by atoms with E-state index in [1.165, 1.54) is 4.88 Å². The molecule has 0 bridgehead atoms. The monoisotopic (exact) mass is 264 g/mol. The van der Waals surface area contributed by atoms with Crippen LogP contribution < -0.4 is 11.1 Å². The van der Waals surface area contributed by atoms with E-state index >= 15 is 0 Å². The average Bonchev–Trinajstić information content (AvgIpc) is 2.72. The molecule has 4 nitrogen and oxygen atoms in total. The Bertz CT molecular complexity index is 521. The summed E-state index contributed by atoms with van der Waals surface area (Å²) in [5, 5.41) is 4.55. The highest BCUT2D eigenvalue weighted by atomic mass is 32.1. The number of fused-ring (bicyclic) bond motifs is 1. The van der Waals surface area contributed by atoms with Crippen LogP contribution in [0.4, 0.5) is 5.82 Å². The lowest BCUT2D eigenvalue weighted by Crippen LogP contribution is -2.26. The number of hydrogen-bond acceptors (Lipinski definition) is 5. The molecule has 2 atom stereocenters. The fraction of sp³-hybridized carbons (Fsp3) is 0.538. The normalized spacial score (nSPS) is 14.7. The van der Waals surface area contributed by atoms with Crippen LogP contribution in [0, 0.1) is 0 Å². The van der Waals surface area contributed by atoms with E-state index in [1.54, 1.807) is 17.7 Å². The maximum atomic E-state index is 5.81. The second kappa shape index (κ2) is 5.63. The van der Waals surface area contributed by atoms with Crippen molar-refractivity contribution in [2.24, 2.45) is 5.73 Å². The molecule has 0 aliphatic rings. The van der Waals surface area contributed by atoms with E-state index in [0.717, 1.165) is 28.9 Å². The predicted molar refractivity (Wildman–Crippen MR) is 78.1 cm³/mol. The standard InChI is InChI=1S/C13H20N4S/c1-4-10-6-11-12(15-7-16-13(11)18-10)17-9(3)5-8(2)14/h6-9H,4-5,14H2,1-3H3,(H,15,16,17). The minimum absolute atomic E-state index is 0.193. The number of aromatic nitrogens is 2. The molecule has 0 radical (unpaired) electrons. The summed E-state index contributed by atoms with van der Waals surface area (Å²) in [4.78, 5) is 11.1. The Balaban J connectivity index is 2.24. The van der Waals surface area contributed by atoms with Gasteiger partial charge >= 0.3 is 0 Å². The van der Waals surface area contributed by atoms with Crippen molar-refractivity contribution in [3.05, 3.63) is 17.3 Å². The summed E-state index contributed by atoms with van der Waals surface area (Å²) >= 11 is 1.74. The molecule has 18 heavy (non-hydrogen) atoms. The molecule has 2 aromatic rings. The van der Waals surface area contributed by atoms with Gasteiger partial charge in [-0.25, -0.2) is 9.97 Å². The van der Waals surface area contributed by atoms with Crippen molar-refractivity contribution in [2.75, 3.05) is 5.32 Å². The van der Waals surface area contributed by atoms with Crippen LogP contribution in [0.5, 0.6) is 0 Å². The number of nitrogens with one attached hydrogen (secondary N) is 1. The predicted octanol–water partition coefficient (Wildman–Crippen LogP) is 2.79. The summed E-state index contributed by atoms with van der Waals surface area (Å²) in [6.45, 7) is 6.31. The summed E-state index contributed by atoms with van der Waals surface area (Å²) in [6.07, 6.45) is 3.59. The lowest BCUT2D eigenvalue weighted by molar-refractivity contribution is 0.604. The highest BCUT2D eigenvalue weighted by molar-refractivity contribution is 7.18. The third-order valence-corrected chi connectivity index (χ3v) is 4.02. The molecule has 98 valence electrons. The van der Waals surface area contributed by atoms with Crippen LogP contribution >= 0.6 is 11.3 Å². The van der Waals surface area contributed by atoms with Gasteiger partial charge in [-0.3, -0.25) is 0 Å². The number of anilines is 1. The molecule has 0 amide bonds. The Morgan fingerprint density at radius 2 is 2.17 bits per heavy atom. The molecule has 0 saturated carbocycles. The van der Waals surface area contributed by atoms with E-state index in [0.29, 0.717) is 6.04 Å². The molecule has 0 aliphatic heterocycles. The Morgan fingerprint density at radius 3 is 2.83 bits per heavy atom. The van der Waals surface area contributed by atoms with Crippen LogP contribution in [0.2, 0.25) is 0 Å². The van der Waals surface area contributed by atoms with Crippen molar-refractivity contribution in [3.63, 3.8) is 0 Å². The van der Waals surface area contributed by atoms with Gasteiger partial charge in [0.05, 0.1) is 5.39 Å². The molecular formula is C13H20N4S. The Hall–Kier alpha value is -1.20. The van der Waals surface area contributed by atoms with E-state index in [2.05, 4.69) is 35.2 Å². The van der Waals surface area contributed by atoms with Gasteiger partial charge in [-0.1, -0.05) is 6.92 Å². The number of hydrogen-bond donors (Lipinski definition) is 2. The fourth-order valence-electron chi connectivity index (χ4n) is 2.04. The van der Waals surface area contributed by atoms with Crippen molar-refractivity contribution in [1.82, 2.24) is 9.97 Å². The zero-order valence-electron chi connectivity index (χ0n) is 11.1. The summed E-state index contributed by atoms with van der Waals surface area (Å²) < 4.78 is 0. The minimum Gasteiger partial charge on any atom is -0.367 e. The van der Waals surface area contributed by atoms with Crippen molar-refractivity contribution < 1.29 is 0 Å². The maximum absolute atomic E-state index is 5.81. The average molecular weight is 264 g/mol. The van der Waals surface area contributed by atoms with Crippen LogP contribution in [-0.2, 0) is 6.42 Å². The SMILES string of the molecule is CCc1cc2c(NC(C)CC(C)N)ncnc2s1. The molecule has 2 rings (SSSR count). The third kappa shape index (κ3) is 2.97. The first kappa shape index (κ1) is 13.2. The van der Waals surface area contributed by atoms with E-state index in [9.17, 15) is 0 Å². The molecule has 3 N–H and O–H groups in total. The lowest BCUT2D eigenvalue weighted by Gasteiger charge is -2.16. The van der Waals surface area contributed by atoms with Gasteiger partial charge in [-0.05, 0) is 32.8 Å². The van der Waals surface area contributed by atoms with Crippen molar-refractivity contribution in [2.45, 2.75) is 45.7 Å². The van der Waals surface area contributed by atoms with Gasteiger partial charge in [-0.2, -0.15) is 0 Å². The van der Waals surface area contributed by atoms with Crippen LogP contribution in [-0.4, -0.2) is 22.1 Å². The Morgan fingerprint density at radius 1 is 1.39 bits per heavy atom. The molecule has 0 fully saturated rings. The van der Waals surface area contributed by atoms with Gasteiger partial charge < -0.3 is 11.1 Å². The first-order valence-electron chi connectivity index (χ1n) is 6.35. The number of nitrogens with two attached hydrogens (primary N) is 1. The van der Waals surface area contributed by atoms with Crippen molar-refractivity contribution >= 4 is 27.4 Å². The maximum Gasteiger partial charge on any atom is 0.138 e. The molecular weight excluding hydrogens is 244 g/mol. The van der Waals surface area contributed by atoms with Crippen LogP contribution in [0.1, 0.15) is 32.1 Å². The van der Waals surface area contributed by atoms with Gasteiger partial charge in [-0.15, -0.1) is 11.3 Å². The molecule has 2 aromatic heterocycles.